The van der Waals surface area contributed by atoms with Crippen molar-refractivity contribution in [3.05, 3.63) is 61.6 Å². The Kier molecular flexibility index (Phi) is 4.44. The van der Waals surface area contributed by atoms with E-state index in [1.54, 1.807) is 0 Å². The van der Waals surface area contributed by atoms with Crippen LogP contribution in [0.2, 0.25) is 5.02 Å². The number of benzene rings is 2. The molecule has 0 atom stereocenters. The van der Waals surface area contributed by atoms with Crippen LogP contribution in [0.25, 0.3) is 0 Å². The van der Waals surface area contributed by atoms with Crippen molar-refractivity contribution in [1.82, 2.24) is 0 Å². The predicted molar refractivity (Wildman–Crippen MR) is 84.6 cm³/mol. The molecule has 1 amide bonds. The molecule has 108 valence electrons. The number of hydrogen-bond donors (Lipinski definition) is 2. The van der Waals surface area contributed by atoms with Crippen LogP contribution in [0.1, 0.15) is 10.4 Å². The lowest BCUT2D eigenvalue weighted by atomic mass is 10.2. The average Bonchev–Trinajstić information content (AvgIpc) is 2.41. The van der Waals surface area contributed by atoms with Gasteiger partial charge in [-0.05, 0) is 46.3 Å². The largest absolute Gasteiger partial charge is 0.398 e. The first-order chi connectivity index (χ1) is 9.88. The molecule has 0 spiro atoms. The van der Waals surface area contributed by atoms with Gasteiger partial charge < -0.3 is 11.1 Å². The van der Waals surface area contributed by atoms with E-state index in [2.05, 4.69) is 21.2 Å². The lowest BCUT2D eigenvalue weighted by molar-refractivity contribution is -0.385. The summed E-state index contributed by atoms with van der Waals surface area (Å²) in [5, 5.41) is 13.7. The minimum absolute atomic E-state index is 0.0799. The van der Waals surface area contributed by atoms with Gasteiger partial charge in [0.15, 0.2) is 0 Å². The van der Waals surface area contributed by atoms with Crippen molar-refractivity contribution in [2.75, 3.05) is 11.1 Å². The maximum atomic E-state index is 12.0. The number of halogens is 2. The van der Waals surface area contributed by atoms with Gasteiger partial charge in [-0.1, -0.05) is 11.6 Å². The van der Waals surface area contributed by atoms with E-state index in [1.807, 2.05) is 0 Å². The molecule has 0 bridgehead atoms. The van der Waals surface area contributed by atoms with Crippen LogP contribution in [0.5, 0.6) is 0 Å². The highest BCUT2D eigenvalue weighted by atomic mass is 79.9. The van der Waals surface area contributed by atoms with Gasteiger partial charge in [0.05, 0.1) is 20.1 Å². The number of nitrogens with zero attached hydrogens (tertiary/aromatic N) is 1. The highest BCUT2D eigenvalue weighted by Crippen LogP contribution is 2.28. The zero-order valence-corrected chi connectivity index (χ0v) is 12.8. The molecule has 0 aliphatic carbocycles. The van der Waals surface area contributed by atoms with Crippen molar-refractivity contribution in [2.24, 2.45) is 0 Å². The fourth-order valence-electron chi connectivity index (χ4n) is 1.62. The van der Waals surface area contributed by atoms with Crippen LogP contribution in [0, 0.1) is 10.1 Å². The summed E-state index contributed by atoms with van der Waals surface area (Å²) in [7, 11) is 0. The molecule has 2 rings (SSSR count). The molecule has 3 N–H and O–H groups in total. The van der Waals surface area contributed by atoms with E-state index in [9.17, 15) is 14.9 Å². The monoisotopic (exact) mass is 369 g/mol. The maximum absolute atomic E-state index is 12.0. The first-order valence-corrected chi connectivity index (χ1v) is 6.86. The SMILES string of the molecule is Nc1cc(C(=O)Nc2ccc([N+](=O)[O-])c(Br)c2)ccc1Cl. The molecule has 2 aromatic rings. The maximum Gasteiger partial charge on any atom is 0.283 e. The molecule has 0 aliphatic rings. The highest BCUT2D eigenvalue weighted by molar-refractivity contribution is 9.10. The van der Waals surface area contributed by atoms with Gasteiger partial charge in [-0.25, -0.2) is 0 Å². The third-order valence-corrected chi connectivity index (χ3v) is 3.64. The minimum Gasteiger partial charge on any atom is -0.398 e. The summed E-state index contributed by atoms with van der Waals surface area (Å²) in [6.45, 7) is 0. The number of amides is 1. The predicted octanol–water partition coefficient (Wildman–Crippen LogP) is 3.85. The van der Waals surface area contributed by atoms with Gasteiger partial charge >= 0.3 is 0 Å². The summed E-state index contributed by atoms with van der Waals surface area (Å²) < 4.78 is 0.279. The number of carbonyl (C=O) groups excluding carboxylic acids is 1. The third-order valence-electron chi connectivity index (χ3n) is 2.66. The van der Waals surface area contributed by atoms with E-state index in [-0.39, 0.29) is 16.1 Å². The molecule has 21 heavy (non-hydrogen) atoms. The first kappa shape index (κ1) is 15.3. The molecule has 0 aromatic heterocycles. The van der Waals surface area contributed by atoms with Gasteiger partial charge in [0.2, 0.25) is 0 Å². The fourth-order valence-corrected chi connectivity index (χ4v) is 2.26. The smallest absolute Gasteiger partial charge is 0.283 e. The highest BCUT2D eigenvalue weighted by Gasteiger charge is 2.13. The van der Waals surface area contributed by atoms with Gasteiger partial charge in [0, 0.05) is 17.3 Å². The van der Waals surface area contributed by atoms with Crippen molar-refractivity contribution < 1.29 is 9.72 Å². The normalized spacial score (nSPS) is 10.2. The topological polar surface area (TPSA) is 98.3 Å². The van der Waals surface area contributed by atoms with E-state index in [1.165, 1.54) is 36.4 Å². The number of nitrogens with two attached hydrogens (primary N) is 1. The summed E-state index contributed by atoms with van der Waals surface area (Å²) in [5.74, 6) is -0.390. The standard InChI is InChI=1S/C13H9BrClN3O3/c14-9-6-8(2-4-12(9)18(20)21)17-13(19)7-1-3-10(15)11(16)5-7/h1-6H,16H2,(H,17,19). The zero-order valence-electron chi connectivity index (χ0n) is 10.5. The molecule has 0 saturated heterocycles. The Bertz CT molecular complexity index is 737. The number of anilines is 2. The van der Waals surface area contributed by atoms with E-state index in [0.717, 1.165) is 0 Å². The number of rotatable bonds is 3. The minimum atomic E-state index is -0.518. The van der Waals surface area contributed by atoms with Crippen LogP contribution in [-0.2, 0) is 0 Å². The Morgan fingerprint density at radius 3 is 2.57 bits per heavy atom. The summed E-state index contributed by atoms with van der Waals surface area (Å²) >= 11 is 8.87. The number of nitrogen functional groups attached to an aromatic ring is 1. The van der Waals surface area contributed by atoms with Crippen molar-refractivity contribution in [2.45, 2.75) is 0 Å². The lowest BCUT2D eigenvalue weighted by Crippen LogP contribution is -2.12. The van der Waals surface area contributed by atoms with E-state index in [0.29, 0.717) is 22.0 Å². The summed E-state index contributed by atoms with van der Waals surface area (Å²) in [6, 6.07) is 8.72. The second-order valence-electron chi connectivity index (χ2n) is 4.11. The fraction of sp³-hybridized carbons (Fsp3) is 0. The first-order valence-electron chi connectivity index (χ1n) is 5.69. The van der Waals surface area contributed by atoms with Crippen LogP contribution in [0.3, 0.4) is 0 Å². The van der Waals surface area contributed by atoms with Crippen molar-refractivity contribution in [1.29, 1.82) is 0 Å². The Hall–Kier alpha value is -2.12. The zero-order chi connectivity index (χ0) is 15.6. The molecule has 0 fully saturated rings. The van der Waals surface area contributed by atoms with Crippen LogP contribution in [-0.4, -0.2) is 10.8 Å². The van der Waals surface area contributed by atoms with Crippen LogP contribution < -0.4 is 11.1 Å². The van der Waals surface area contributed by atoms with Gasteiger partial charge in [0.1, 0.15) is 0 Å². The molecule has 8 heteroatoms. The molecule has 0 heterocycles. The summed E-state index contributed by atoms with van der Waals surface area (Å²) in [4.78, 5) is 22.2. The molecule has 0 saturated carbocycles. The Labute approximate surface area is 133 Å². The molecule has 0 aliphatic heterocycles. The Morgan fingerprint density at radius 1 is 1.29 bits per heavy atom. The molecular weight excluding hydrogens is 362 g/mol. The van der Waals surface area contributed by atoms with Gasteiger partial charge in [-0.3, -0.25) is 14.9 Å². The van der Waals surface area contributed by atoms with Gasteiger partial charge in [-0.2, -0.15) is 0 Å². The number of carbonyl (C=O) groups is 1. The average molecular weight is 371 g/mol. The molecular formula is C13H9BrClN3O3. The third kappa shape index (κ3) is 3.50. The van der Waals surface area contributed by atoms with Gasteiger partial charge in [0.25, 0.3) is 11.6 Å². The Balaban J connectivity index is 2.21. The van der Waals surface area contributed by atoms with Crippen LogP contribution >= 0.6 is 27.5 Å². The molecule has 2 aromatic carbocycles. The Morgan fingerprint density at radius 2 is 2.00 bits per heavy atom. The second-order valence-corrected chi connectivity index (χ2v) is 5.38. The van der Waals surface area contributed by atoms with Gasteiger partial charge in [-0.15, -0.1) is 0 Å². The van der Waals surface area contributed by atoms with E-state index >= 15 is 0 Å². The van der Waals surface area contributed by atoms with Crippen molar-refractivity contribution in [3.8, 4) is 0 Å². The lowest BCUT2D eigenvalue weighted by Gasteiger charge is -2.07. The molecule has 6 nitrogen and oxygen atoms in total. The second kappa shape index (κ2) is 6.11. The molecule has 0 radical (unpaired) electrons. The van der Waals surface area contributed by atoms with E-state index < -0.39 is 4.92 Å². The number of hydrogen-bond acceptors (Lipinski definition) is 4. The summed E-state index contributed by atoms with van der Waals surface area (Å²) in [6.07, 6.45) is 0. The number of nitro benzene ring substituents is 1. The van der Waals surface area contributed by atoms with Crippen molar-refractivity contribution in [3.63, 3.8) is 0 Å². The quantitative estimate of drug-likeness (QED) is 0.487. The van der Waals surface area contributed by atoms with Crippen LogP contribution in [0.15, 0.2) is 40.9 Å². The molecule has 0 unspecified atom stereocenters. The van der Waals surface area contributed by atoms with Crippen LogP contribution in [0.4, 0.5) is 17.1 Å². The summed E-state index contributed by atoms with van der Waals surface area (Å²) in [5.41, 5.74) is 6.62. The van der Waals surface area contributed by atoms with E-state index in [4.69, 9.17) is 17.3 Å². The number of nitrogens with one attached hydrogen (secondary N) is 1. The van der Waals surface area contributed by atoms with Crippen molar-refractivity contribution >= 4 is 50.5 Å². The number of nitro groups is 1.